The predicted octanol–water partition coefficient (Wildman–Crippen LogP) is 2.44. The van der Waals surface area contributed by atoms with Crippen molar-refractivity contribution in [2.75, 3.05) is 12.8 Å². The Balaban J connectivity index is 2.06. The van der Waals surface area contributed by atoms with Crippen molar-refractivity contribution in [2.24, 2.45) is 0 Å². The molecule has 0 bridgehead atoms. The maximum atomic E-state index is 12.3. The fourth-order valence-electron chi connectivity index (χ4n) is 2.26. The maximum Gasteiger partial charge on any atom is 0.240 e. The van der Waals surface area contributed by atoms with Crippen molar-refractivity contribution >= 4 is 43.0 Å². The van der Waals surface area contributed by atoms with Gasteiger partial charge in [-0.3, -0.25) is 4.79 Å². The second-order valence-corrected chi connectivity index (χ2v) is 9.40. The van der Waals surface area contributed by atoms with Crippen LogP contribution in [0.3, 0.4) is 0 Å². The molecule has 0 spiro atoms. The molecule has 0 aromatic carbocycles. The Hall–Kier alpha value is -0.400. The van der Waals surface area contributed by atoms with E-state index in [4.69, 9.17) is 0 Å². The molecule has 1 aliphatic heterocycles. The molecule has 1 atom stereocenters. The largest absolute Gasteiger partial charge is 0.340 e. The molecule has 7 heteroatoms. The average Bonchev–Trinajstić information content (AvgIpc) is 2.73. The van der Waals surface area contributed by atoms with Crippen LogP contribution in [-0.2, 0) is 21.2 Å². The lowest BCUT2D eigenvalue weighted by atomic mass is 10.1. The summed E-state index contributed by atoms with van der Waals surface area (Å²) in [4.78, 5) is 13.8. The van der Waals surface area contributed by atoms with Crippen LogP contribution >= 0.6 is 27.3 Å². The van der Waals surface area contributed by atoms with E-state index in [1.54, 1.807) is 18.4 Å². The molecular formula is C12H16BrNO3S2. The summed E-state index contributed by atoms with van der Waals surface area (Å²) in [5.41, 5.74) is 1.01. The summed E-state index contributed by atoms with van der Waals surface area (Å²) in [6, 6.07) is 1.95. The Morgan fingerprint density at radius 2 is 2.26 bits per heavy atom. The quantitative estimate of drug-likeness (QED) is 0.826. The molecule has 1 fully saturated rings. The lowest BCUT2D eigenvalue weighted by molar-refractivity contribution is -0.130. The number of hydrogen-bond acceptors (Lipinski definition) is 4. The van der Waals surface area contributed by atoms with E-state index in [2.05, 4.69) is 15.9 Å². The summed E-state index contributed by atoms with van der Waals surface area (Å²) in [6.45, 7) is 0.451. The van der Waals surface area contributed by atoms with E-state index in [1.165, 1.54) is 4.90 Å². The van der Waals surface area contributed by atoms with Gasteiger partial charge in [-0.2, -0.15) is 0 Å². The normalized spacial score (nSPS) is 22.1. The Bertz CT molecular complexity index is 567. The van der Waals surface area contributed by atoms with Crippen molar-refractivity contribution in [2.45, 2.75) is 31.1 Å². The molecule has 0 saturated carbocycles. The topological polar surface area (TPSA) is 54.5 Å². The number of carbonyl (C=O) groups excluding carboxylic acids is 1. The molecule has 19 heavy (non-hydrogen) atoms. The summed E-state index contributed by atoms with van der Waals surface area (Å²) < 4.78 is 24.9. The van der Waals surface area contributed by atoms with Crippen LogP contribution in [0.4, 0.5) is 0 Å². The van der Waals surface area contributed by atoms with E-state index in [0.29, 0.717) is 19.4 Å². The first-order valence-electron chi connectivity index (χ1n) is 6.09. The van der Waals surface area contributed by atoms with Gasteiger partial charge in [0.2, 0.25) is 5.91 Å². The van der Waals surface area contributed by atoms with Crippen LogP contribution in [-0.4, -0.2) is 37.3 Å². The number of nitrogens with zero attached hydrogens (tertiary/aromatic N) is 1. The molecule has 2 heterocycles. The third-order valence-electron chi connectivity index (χ3n) is 3.27. The molecule has 0 N–H and O–H groups in total. The molecule has 1 aromatic heterocycles. The van der Waals surface area contributed by atoms with Gasteiger partial charge in [-0.15, -0.1) is 11.3 Å². The molecular weight excluding hydrogens is 350 g/mol. The van der Waals surface area contributed by atoms with Gasteiger partial charge in [0, 0.05) is 13.6 Å². The van der Waals surface area contributed by atoms with E-state index in [0.717, 1.165) is 15.8 Å². The third kappa shape index (κ3) is 3.58. The Labute approximate surface area is 125 Å². The van der Waals surface area contributed by atoms with E-state index in [1.807, 2.05) is 11.4 Å². The first-order chi connectivity index (χ1) is 8.90. The van der Waals surface area contributed by atoms with Gasteiger partial charge in [-0.05, 0) is 45.8 Å². The van der Waals surface area contributed by atoms with Gasteiger partial charge in [0.25, 0.3) is 0 Å². The summed E-state index contributed by atoms with van der Waals surface area (Å²) in [5.74, 6) is -0.136. The van der Waals surface area contributed by atoms with Crippen LogP contribution in [0.25, 0.3) is 0 Å². The number of amides is 1. The molecule has 0 aliphatic carbocycles. The lowest BCUT2D eigenvalue weighted by Gasteiger charge is -2.26. The number of carbonyl (C=O) groups is 1. The lowest BCUT2D eigenvalue weighted by Crippen LogP contribution is -2.43. The zero-order valence-electron chi connectivity index (χ0n) is 10.6. The van der Waals surface area contributed by atoms with Crippen molar-refractivity contribution in [3.8, 4) is 0 Å². The van der Waals surface area contributed by atoms with Gasteiger partial charge in [-0.25, -0.2) is 8.42 Å². The number of halogens is 1. The number of hydrogen-bond donors (Lipinski definition) is 0. The van der Waals surface area contributed by atoms with Crippen molar-refractivity contribution in [3.05, 3.63) is 20.8 Å². The minimum absolute atomic E-state index is 0.140. The van der Waals surface area contributed by atoms with Gasteiger partial charge >= 0.3 is 0 Å². The number of sulfone groups is 1. The highest BCUT2D eigenvalue weighted by atomic mass is 79.9. The minimum atomic E-state index is -3.25. The standard InChI is InChI=1S/C12H16BrNO3S2/c1-14(7-9-6-11(13)18-8-9)12(15)10-4-2-3-5-19(10,16)17/h6,8,10H,2-5,7H2,1H3. The highest BCUT2D eigenvalue weighted by Gasteiger charge is 2.36. The van der Waals surface area contributed by atoms with Crippen molar-refractivity contribution in [3.63, 3.8) is 0 Å². The zero-order valence-corrected chi connectivity index (χ0v) is 13.9. The highest BCUT2D eigenvalue weighted by molar-refractivity contribution is 9.11. The SMILES string of the molecule is CN(Cc1csc(Br)c1)C(=O)C1CCCCS1(=O)=O. The van der Waals surface area contributed by atoms with Crippen LogP contribution in [0.5, 0.6) is 0 Å². The first kappa shape index (κ1) is 15.0. The second-order valence-electron chi connectivity index (χ2n) is 4.80. The molecule has 4 nitrogen and oxygen atoms in total. The summed E-state index contributed by atoms with van der Waals surface area (Å²) in [7, 11) is -1.59. The van der Waals surface area contributed by atoms with Crippen LogP contribution in [0.1, 0.15) is 24.8 Å². The summed E-state index contributed by atoms with van der Waals surface area (Å²) in [5, 5.41) is 1.12. The Morgan fingerprint density at radius 1 is 1.53 bits per heavy atom. The monoisotopic (exact) mass is 365 g/mol. The molecule has 0 radical (unpaired) electrons. The van der Waals surface area contributed by atoms with Crippen molar-refractivity contribution in [1.29, 1.82) is 0 Å². The van der Waals surface area contributed by atoms with E-state index in [9.17, 15) is 13.2 Å². The van der Waals surface area contributed by atoms with Crippen molar-refractivity contribution < 1.29 is 13.2 Å². The van der Waals surface area contributed by atoms with E-state index < -0.39 is 15.1 Å². The average molecular weight is 366 g/mol. The third-order valence-corrected chi connectivity index (χ3v) is 6.99. The number of rotatable bonds is 3. The predicted molar refractivity (Wildman–Crippen MR) is 79.9 cm³/mol. The molecule has 2 rings (SSSR count). The van der Waals surface area contributed by atoms with Gasteiger partial charge < -0.3 is 4.90 Å². The van der Waals surface area contributed by atoms with Crippen LogP contribution in [0, 0.1) is 0 Å². The van der Waals surface area contributed by atoms with Gasteiger partial charge in [0.05, 0.1) is 9.54 Å². The second kappa shape index (κ2) is 5.93. The van der Waals surface area contributed by atoms with Gasteiger partial charge in [0.1, 0.15) is 5.25 Å². The first-order valence-corrected chi connectivity index (χ1v) is 9.48. The zero-order chi connectivity index (χ0) is 14.0. The highest BCUT2D eigenvalue weighted by Crippen LogP contribution is 2.24. The van der Waals surface area contributed by atoms with Crippen LogP contribution < -0.4 is 0 Å². The van der Waals surface area contributed by atoms with Crippen molar-refractivity contribution in [1.82, 2.24) is 4.90 Å². The maximum absolute atomic E-state index is 12.3. The fraction of sp³-hybridized carbons (Fsp3) is 0.583. The van der Waals surface area contributed by atoms with Gasteiger partial charge in [-0.1, -0.05) is 6.42 Å². The smallest absolute Gasteiger partial charge is 0.240 e. The molecule has 1 amide bonds. The molecule has 106 valence electrons. The molecule has 1 saturated heterocycles. The Morgan fingerprint density at radius 3 is 2.84 bits per heavy atom. The summed E-state index contributed by atoms with van der Waals surface area (Å²) >= 11 is 4.93. The molecule has 1 aromatic rings. The fourth-order valence-corrected chi connectivity index (χ4v) is 5.36. The number of thiophene rings is 1. The summed E-state index contributed by atoms with van der Waals surface area (Å²) in [6.07, 6.45) is 1.94. The minimum Gasteiger partial charge on any atom is -0.340 e. The molecule has 1 unspecified atom stereocenters. The Kier molecular flexibility index (Phi) is 4.68. The van der Waals surface area contributed by atoms with Crippen LogP contribution in [0.2, 0.25) is 0 Å². The van der Waals surface area contributed by atoms with Gasteiger partial charge in [0.15, 0.2) is 9.84 Å². The molecule has 1 aliphatic rings. The van der Waals surface area contributed by atoms with Crippen LogP contribution in [0.15, 0.2) is 15.2 Å². The van der Waals surface area contributed by atoms with E-state index in [-0.39, 0.29) is 11.7 Å². The van der Waals surface area contributed by atoms with E-state index >= 15 is 0 Å².